The first-order valence-corrected chi connectivity index (χ1v) is 6.12. The zero-order chi connectivity index (χ0) is 14.8. The highest BCUT2D eigenvalue weighted by Gasteiger charge is 2.03. The van der Waals surface area contributed by atoms with Crippen molar-refractivity contribution in [3.05, 3.63) is 24.3 Å². The Kier molecular flexibility index (Phi) is 7.08. The van der Waals surface area contributed by atoms with Crippen molar-refractivity contribution in [1.82, 2.24) is 5.32 Å². The maximum atomic E-state index is 11.6. The minimum Gasteiger partial charge on any atom is -0.484 e. The zero-order valence-corrected chi connectivity index (χ0v) is 11.3. The molecule has 1 rings (SSSR count). The van der Waals surface area contributed by atoms with Gasteiger partial charge in [-0.1, -0.05) is 6.07 Å². The third-order valence-electron chi connectivity index (χ3n) is 2.27. The number of primary amides is 1. The molecule has 0 unspecified atom stereocenters. The van der Waals surface area contributed by atoms with Crippen LogP contribution in [0.2, 0.25) is 0 Å². The molecule has 20 heavy (non-hydrogen) atoms. The van der Waals surface area contributed by atoms with Gasteiger partial charge in [-0.25, -0.2) is 0 Å². The third-order valence-corrected chi connectivity index (χ3v) is 2.27. The van der Waals surface area contributed by atoms with E-state index in [0.717, 1.165) is 0 Å². The van der Waals surface area contributed by atoms with Crippen molar-refractivity contribution in [1.29, 1.82) is 0 Å². The summed E-state index contributed by atoms with van der Waals surface area (Å²) in [5.74, 6) is -0.260. The standard InChI is InChI=1S/C13H19N3O4/c1-19-6-5-15-8-13(18)16-10-3-2-4-11(7-10)20-9-12(14)17/h2-4,7,15H,5-6,8-9H2,1H3,(H2,14,17)(H,16,18). The first-order valence-electron chi connectivity index (χ1n) is 6.12. The minimum absolute atomic E-state index is 0.173. The Morgan fingerprint density at radius 2 is 2.15 bits per heavy atom. The summed E-state index contributed by atoms with van der Waals surface area (Å²) in [7, 11) is 1.60. The molecule has 7 nitrogen and oxygen atoms in total. The van der Waals surface area contributed by atoms with Crippen LogP contribution in [0.15, 0.2) is 24.3 Å². The van der Waals surface area contributed by atoms with E-state index in [1.165, 1.54) is 0 Å². The molecule has 0 saturated carbocycles. The van der Waals surface area contributed by atoms with E-state index in [4.69, 9.17) is 15.2 Å². The maximum Gasteiger partial charge on any atom is 0.255 e. The number of hydrogen-bond acceptors (Lipinski definition) is 5. The molecule has 4 N–H and O–H groups in total. The highest BCUT2D eigenvalue weighted by atomic mass is 16.5. The first kappa shape index (κ1) is 15.9. The van der Waals surface area contributed by atoms with Gasteiger partial charge in [0, 0.05) is 25.4 Å². The Morgan fingerprint density at radius 3 is 2.85 bits per heavy atom. The number of anilines is 1. The fourth-order valence-electron chi connectivity index (χ4n) is 1.40. The Balaban J connectivity index is 2.40. The lowest BCUT2D eigenvalue weighted by Gasteiger charge is -2.08. The van der Waals surface area contributed by atoms with Crippen molar-refractivity contribution in [3.63, 3.8) is 0 Å². The monoisotopic (exact) mass is 281 g/mol. The zero-order valence-electron chi connectivity index (χ0n) is 11.3. The van der Waals surface area contributed by atoms with E-state index < -0.39 is 5.91 Å². The normalized spacial score (nSPS) is 10.1. The fourth-order valence-corrected chi connectivity index (χ4v) is 1.40. The van der Waals surface area contributed by atoms with Gasteiger partial charge in [-0.15, -0.1) is 0 Å². The number of nitrogens with two attached hydrogens (primary N) is 1. The van der Waals surface area contributed by atoms with Gasteiger partial charge in [0.25, 0.3) is 5.91 Å². The summed E-state index contributed by atoms with van der Waals surface area (Å²) in [5, 5.41) is 5.64. The van der Waals surface area contributed by atoms with E-state index in [1.54, 1.807) is 31.4 Å². The summed E-state index contributed by atoms with van der Waals surface area (Å²) in [6, 6.07) is 6.74. The van der Waals surface area contributed by atoms with E-state index in [1.807, 2.05) is 0 Å². The smallest absolute Gasteiger partial charge is 0.255 e. The topological polar surface area (TPSA) is 103 Å². The molecule has 0 aliphatic heterocycles. The predicted molar refractivity (Wildman–Crippen MR) is 74.5 cm³/mol. The number of methoxy groups -OCH3 is 1. The maximum absolute atomic E-state index is 11.6. The molecule has 110 valence electrons. The van der Waals surface area contributed by atoms with E-state index in [0.29, 0.717) is 24.6 Å². The Bertz CT molecular complexity index is 451. The average molecular weight is 281 g/mol. The van der Waals surface area contributed by atoms with Gasteiger partial charge >= 0.3 is 0 Å². The number of ether oxygens (including phenoxy) is 2. The summed E-state index contributed by atoms with van der Waals surface area (Å²) < 4.78 is 10.0. The fraction of sp³-hybridized carbons (Fsp3) is 0.385. The van der Waals surface area contributed by atoms with E-state index in [-0.39, 0.29) is 19.1 Å². The molecule has 7 heteroatoms. The molecular formula is C13H19N3O4. The van der Waals surface area contributed by atoms with Gasteiger partial charge in [0.05, 0.1) is 13.2 Å². The lowest BCUT2D eigenvalue weighted by molar-refractivity contribution is -0.120. The van der Waals surface area contributed by atoms with Gasteiger partial charge in [-0.05, 0) is 12.1 Å². The number of nitrogens with one attached hydrogen (secondary N) is 2. The van der Waals surface area contributed by atoms with Crippen LogP contribution in [0.4, 0.5) is 5.69 Å². The van der Waals surface area contributed by atoms with Crippen LogP contribution < -0.4 is 21.1 Å². The summed E-state index contributed by atoms with van der Waals surface area (Å²) in [6.07, 6.45) is 0. The van der Waals surface area contributed by atoms with Crippen molar-refractivity contribution >= 4 is 17.5 Å². The molecule has 0 fully saturated rings. The Morgan fingerprint density at radius 1 is 1.35 bits per heavy atom. The van der Waals surface area contributed by atoms with Gasteiger partial charge in [0.1, 0.15) is 5.75 Å². The molecule has 2 amide bonds. The first-order chi connectivity index (χ1) is 9.61. The van der Waals surface area contributed by atoms with Crippen molar-refractivity contribution in [2.75, 3.05) is 38.7 Å². The van der Waals surface area contributed by atoms with Gasteiger partial charge < -0.3 is 25.8 Å². The van der Waals surface area contributed by atoms with Crippen molar-refractivity contribution in [3.8, 4) is 5.75 Å². The van der Waals surface area contributed by atoms with Crippen LogP contribution in [0.25, 0.3) is 0 Å². The number of carbonyl (C=O) groups is 2. The molecule has 1 aromatic carbocycles. The van der Waals surface area contributed by atoms with Crippen molar-refractivity contribution in [2.45, 2.75) is 0 Å². The van der Waals surface area contributed by atoms with E-state index in [9.17, 15) is 9.59 Å². The Labute approximate surface area is 117 Å². The number of amides is 2. The molecule has 0 aromatic heterocycles. The predicted octanol–water partition coefficient (Wildman–Crippen LogP) is -0.275. The molecule has 0 saturated heterocycles. The second kappa shape index (κ2) is 8.89. The molecule has 0 radical (unpaired) electrons. The summed E-state index contributed by atoms with van der Waals surface area (Å²) in [6.45, 7) is 1.14. The minimum atomic E-state index is -0.554. The van der Waals surface area contributed by atoms with Crippen LogP contribution in [0, 0.1) is 0 Å². The summed E-state index contributed by atoms with van der Waals surface area (Å²) in [5.41, 5.74) is 5.57. The Hall–Kier alpha value is -2.12. The molecule has 0 heterocycles. The molecule has 0 bridgehead atoms. The summed E-state index contributed by atoms with van der Waals surface area (Å²) >= 11 is 0. The quantitative estimate of drug-likeness (QED) is 0.540. The average Bonchev–Trinajstić information content (AvgIpc) is 2.42. The largest absolute Gasteiger partial charge is 0.484 e. The van der Waals surface area contributed by atoms with Gasteiger partial charge in [-0.3, -0.25) is 9.59 Å². The van der Waals surface area contributed by atoms with Crippen molar-refractivity contribution < 1.29 is 19.1 Å². The second-order valence-electron chi connectivity index (χ2n) is 4.00. The molecular weight excluding hydrogens is 262 g/mol. The SMILES string of the molecule is COCCNCC(=O)Nc1cccc(OCC(N)=O)c1. The number of carbonyl (C=O) groups excluding carboxylic acids is 2. The van der Waals surface area contributed by atoms with Crippen LogP contribution in [0.1, 0.15) is 0 Å². The lowest BCUT2D eigenvalue weighted by Crippen LogP contribution is -2.30. The van der Waals surface area contributed by atoms with Crippen LogP contribution in [-0.4, -0.2) is 45.2 Å². The lowest BCUT2D eigenvalue weighted by atomic mass is 10.3. The highest BCUT2D eigenvalue weighted by Crippen LogP contribution is 2.16. The number of rotatable bonds is 9. The second-order valence-corrected chi connectivity index (χ2v) is 4.00. The molecule has 0 atom stereocenters. The molecule has 0 spiro atoms. The molecule has 0 aliphatic rings. The number of benzene rings is 1. The van der Waals surface area contributed by atoms with Crippen LogP contribution >= 0.6 is 0 Å². The van der Waals surface area contributed by atoms with Crippen LogP contribution in [-0.2, 0) is 14.3 Å². The van der Waals surface area contributed by atoms with Gasteiger partial charge in [0.2, 0.25) is 5.91 Å². The van der Waals surface area contributed by atoms with Crippen molar-refractivity contribution in [2.24, 2.45) is 5.73 Å². The molecule has 0 aliphatic carbocycles. The van der Waals surface area contributed by atoms with Crippen LogP contribution in [0.5, 0.6) is 5.75 Å². The van der Waals surface area contributed by atoms with Crippen LogP contribution in [0.3, 0.4) is 0 Å². The number of hydrogen-bond donors (Lipinski definition) is 3. The van der Waals surface area contributed by atoms with Gasteiger partial charge in [-0.2, -0.15) is 0 Å². The van der Waals surface area contributed by atoms with Gasteiger partial charge in [0.15, 0.2) is 6.61 Å². The molecule has 1 aromatic rings. The summed E-state index contributed by atoms with van der Waals surface area (Å²) in [4.78, 5) is 22.2. The van der Waals surface area contributed by atoms with E-state index >= 15 is 0 Å². The van der Waals surface area contributed by atoms with E-state index in [2.05, 4.69) is 10.6 Å². The third kappa shape index (κ3) is 6.72. The highest BCUT2D eigenvalue weighted by molar-refractivity contribution is 5.92.